The number of phenolic OH excluding ortho intramolecular Hbond substituents is 1. The van der Waals surface area contributed by atoms with E-state index in [0.717, 1.165) is 16.9 Å². The Morgan fingerprint density at radius 1 is 1.03 bits per heavy atom. The Hall–Kier alpha value is -4.24. The summed E-state index contributed by atoms with van der Waals surface area (Å²) in [6.07, 6.45) is 1.73. The third-order valence-corrected chi connectivity index (χ3v) is 5.82. The molecule has 33 heavy (non-hydrogen) atoms. The molecule has 8 nitrogen and oxygen atoms in total. The molecular weight excluding hydrogens is 440 g/mol. The Morgan fingerprint density at radius 2 is 1.79 bits per heavy atom. The zero-order chi connectivity index (χ0) is 22.9. The Balaban J connectivity index is 1.56. The van der Waals surface area contributed by atoms with E-state index >= 15 is 0 Å². The van der Waals surface area contributed by atoms with Crippen molar-refractivity contribution in [3.8, 4) is 17.1 Å². The maximum atomic E-state index is 11.0. The van der Waals surface area contributed by atoms with Crippen LogP contribution in [0.3, 0.4) is 0 Å². The molecule has 1 fully saturated rings. The number of pyridine rings is 1. The Kier molecular flexibility index (Phi) is 5.23. The Morgan fingerprint density at radius 3 is 2.45 bits per heavy atom. The molecule has 2 atom stereocenters. The van der Waals surface area contributed by atoms with E-state index < -0.39 is 4.92 Å². The van der Waals surface area contributed by atoms with E-state index in [-0.39, 0.29) is 23.5 Å². The molecule has 0 bridgehead atoms. The van der Waals surface area contributed by atoms with Crippen LogP contribution in [0.4, 0.5) is 11.4 Å². The van der Waals surface area contributed by atoms with Crippen LogP contribution in [0.2, 0.25) is 0 Å². The fourth-order valence-electron chi connectivity index (χ4n) is 3.95. The van der Waals surface area contributed by atoms with Gasteiger partial charge in [-0.05, 0) is 72.9 Å². The van der Waals surface area contributed by atoms with E-state index in [2.05, 4.69) is 10.3 Å². The van der Waals surface area contributed by atoms with Crippen LogP contribution in [0.15, 0.2) is 89.5 Å². The lowest BCUT2D eigenvalue weighted by molar-refractivity contribution is -0.384. The molecular formula is C24H18N4O4S. The quantitative estimate of drug-likeness (QED) is 0.241. The van der Waals surface area contributed by atoms with Gasteiger partial charge >= 0.3 is 0 Å². The summed E-state index contributed by atoms with van der Waals surface area (Å²) in [6.45, 7) is 0. The maximum Gasteiger partial charge on any atom is 0.269 e. The largest absolute Gasteiger partial charge is 0.508 e. The number of thiocarbonyl (C=S) groups is 1. The number of nitrogens with one attached hydrogen (secondary N) is 1. The predicted octanol–water partition coefficient (Wildman–Crippen LogP) is 5.13. The first-order valence-electron chi connectivity index (χ1n) is 10.2. The van der Waals surface area contributed by atoms with Crippen molar-refractivity contribution >= 4 is 28.7 Å². The van der Waals surface area contributed by atoms with Gasteiger partial charge in [0.1, 0.15) is 23.3 Å². The van der Waals surface area contributed by atoms with Gasteiger partial charge in [0, 0.05) is 29.6 Å². The number of rotatable bonds is 5. The Labute approximate surface area is 194 Å². The fraction of sp³-hybridized carbons (Fsp3) is 0.0833. The fourth-order valence-corrected chi connectivity index (χ4v) is 4.30. The third-order valence-electron chi connectivity index (χ3n) is 5.51. The molecule has 1 saturated heterocycles. The monoisotopic (exact) mass is 458 g/mol. The van der Waals surface area contributed by atoms with Crippen LogP contribution < -0.4 is 10.2 Å². The molecule has 1 aliphatic rings. The van der Waals surface area contributed by atoms with Crippen LogP contribution in [0, 0.1) is 10.1 Å². The second-order valence-corrected chi connectivity index (χ2v) is 7.91. The number of benzene rings is 2. The molecule has 1 aliphatic heterocycles. The second-order valence-electron chi connectivity index (χ2n) is 7.52. The van der Waals surface area contributed by atoms with Gasteiger partial charge in [0.2, 0.25) is 0 Å². The molecule has 0 amide bonds. The summed E-state index contributed by atoms with van der Waals surface area (Å²) >= 11 is 5.67. The number of aromatic hydroxyl groups is 1. The number of nitro groups is 1. The molecule has 0 aliphatic carbocycles. The van der Waals surface area contributed by atoms with Gasteiger partial charge in [-0.1, -0.05) is 6.07 Å². The average molecular weight is 458 g/mol. The van der Waals surface area contributed by atoms with Crippen LogP contribution in [0.25, 0.3) is 11.3 Å². The van der Waals surface area contributed by atoms with Crippen LogP contribution in [0.1, 0.15) is 23.5 Å². The zero-order valence-electron chi connectivity index (χ0n) is 17.2. The second kappa shape index (κ2) is 8.36. The molecule has 0 saturated carbocycles. The lowest BCUT2D eigenvalue weighted by Crippen LogP contribution is -2.29. The first kappa shape index (κ1) is 20.7. The first-order chi connectivity index (χ1) is 16.0. The molecule has 0 radical (unpaired) electrons. The summed E-state index contributed by atoms with van der Waals surface area (Å²) in [5, 5.41) is 24.5. The van der Waals surface area contributed by atoms with Crippen molar-refractivity contribution in [1.82, 2.24) is 10.3 Å². The third kappa shape index (κ3) is 3.90. The summed E-state index contributed by atoms with van der Waals surface area (Å²) in [5.41, 5.74) is 2.34. The van der Waals surface area contributed by atoms with Gasteiger partial charge in [-0.3, -0.25) is 15.1 Å². The number of hydrogen-bond donors (Lipinski definition) is 2. The number of aromatic nitrogens is 1. The van der Waals surface area contributed by atoms with Crippen molar-refractivity contribution in [2.75, 3.05) is 4.90 Å². The summed E-state index contributed by atoms with van der Waals surface area (Å²) < 4.78 is 6.24. The highest BCUT2D eigenvalue weighted by Gasteiger charge is 2.42. The van der Waals surface area contributed by atoms with E-state index in [0.29, 0.717) is 16.6 Å². The lowest BCUT2D eigenvalue weighted by atomic mass is 10.0. The van der Waals surface area contributed by atoms with Crippen molar-refractivity contribution in [1.29, 1.82) is 0 Å². The number of phenols is 1. The molecule has 9 heteroatoms. The first-order valence-corrected chi connectivity index (χ1v) is 10.6. The van der Waals surface area contributed by atoms with Gasteiger partial charge in [-0.25, -0.2) is 0 Å². The molecule has 164 valence electrons. The number of non-ortho nitro benzene ring substituents is 1. The van der Waals surface area contributed by atoms with Crippen molar-refractivity contribution < 1.29 is 14.4 Å². The van der Waals surface area contributed by atoms with Crippen molar-refractivity contribution in [3.05, 3.63) is 107 Å². The average Bonchev–Trinajstić information content (AvgIpc) is 3.45. The number of anilines is 1. The number of nitrogens with zero attached hydrogens (tertiary/aromatic N) is 3. The number of hydrogen-bond acceptors (Lipinski definition) is 6. The van der Waals surface area contributed by atoms with Crippen LogP contribution in [0.5, 0.6) is 5.75 Å². The predicted molar refractivity (Wildman–Crippen MR) is 127 cm³/mol. The minimum atomic E-state index is -0.435. The van der Waals surface area contributed by atoms with Crippen LogP contribution >= 0.6 is 12.2 Å². The molecule has 3 heterocycles. The standard InChI is InChI=1S/C24H18N4O4S/c29-18-10-8-16(9-11-18)27-23(22(26-24(27)33)19-3-1-2-14-25-19)21-13-12-20(32-21)15-4-6-17(7-5-15)28(30)31/h1-14,22-23,29H,(H,26,33). The van der Waals surface area contributed by atoms with Gasteiger partial charge in [-0.2, -0.15) is 0 Å². The summed E-state index contributed by atoms with van der Waals surface area (Å²) in [7, 11) is 0. The maximum absolute atomic E-state index is 11.0. The van der Waals surface area contributed by atoms with Gasteiger partial charge in [-0.15, -0.1) is 0 Å². The van der Waals surface area contributed by atoms with Gasteiger partial charge in [0.25, 0.3) is 5.69 Å². The van der Waals surface area contributed by atoms with Crippen molar-refractivity contribution in [2.45, 2.75) is 12.1 Å². The van der Waals surface area contributed by atoms with E-state index in [9.17, 15) is 15.2 Å². The lowest BCUT2D eigenvalue weighted by Gasteiger charge is -2.26. The number of nitro benzene ring substituents is 1. The normalized spacial score (nSPS) is 17.7. The van der Waals surface area contributed by atoms with Crippen molar-refractivity contribution in [3.63, 3.8) is 0 Å². The summed E-state index contributed by atoms with van der Waals surface area (Å²) in [4.78, 5) is 17.0. The molecule has 0 spiro atoms. The van der Waals surface area contributed by atoms with Gasteiger partial charge in [0.05, 0.1) is 16.7 Å². The smallest absolute Gasteiger partial charge is 0.269 e. The molecule has 2 aromatic carbocycles. The number of furan rings is 1. The summed E-state index contributed by atoms with van der Waals surface area (Å²) in [5.74, 6) is 1.40. The molecule has 5 rings (SSSR count). The molecule has 2 aromatic heterocycles. The van der Waals surface area contributed by atoms with Crippen LogP contribution in [-0.2, 0) is 0 Å². The molecule has 4 aromatic rings. The topological polar surface area (TPSA) is 105 Å². The van der Waals surface area contributed by atoms with Crippen molar-refractivity contribution in [2.24, 2.45) is 0 Å². The van der Waals surface area contributed by atoms with Crippen LogP contribution in [-0.4, -0.2) is 20.1 Å². The SMILES string of the molecule is O=[N+]([O-])c1ccc(-c2ccc(C3C(c4ccccn4)NC(=S)N3c3ccc(O)cc3)o2)cc1. The molecule has 2 N–H and O–H groups in total. The molecule has 2 unspecified atom stereocenters. The van der Waals surface area contributed by atoms with E-state index in [1.54, 1.807) is 42.6 Å². The van der Waals surface area contributed by atoms with Gasteiger partial charge < -0.3 is 19.7 Å². The summed E-state index contributed by atoms with van der Waals surface area (Å²) in [6, 6.07) is 21.8. The minimum Gasteiger partial charge on any atom is -0.508 e. The highest BCUT2D eigenvalue weighted by atomic mass is 32.1. The Bertz CT molecular complexity index is 1310. The zero-order valence-corrected chi connectivity index (χ0v) is 18.0. The van der Waals surface area contributed by atoms with E-state index in [4.69, 9.17) is 16.6 Å². The van der Waals surface area contributed by atoms with Gasteiger partial charge in [0.15, 0.2) is 5.11 Å². The highest BCUT2D eigenvalue weighted by molar-refractivity contribution is 7.80. The minimum absolute atomic E-state index is 0.0181. The van der Waals surface area contributed by atoms with E-state index in [1.807, 2.05) is 35.2 Å². The highest BCUT2D eigenvalue weighted by Crippen LogP contribution is 2.43. The van der Waals surface area contributed by atoms with E-state index in [1.165, 1.54) is 12.1 Å².